The fourth-order valence-electron chi connectivity index (χ4n) is 1.02. The zero-order valence-electron chi connectivity index (χ0n) is 7.27. The van der Waals surface area contributed by atoms with Gasteiger partial charge in [-0.2, -0.15) is 12.6 Å². The van der Waals surface area contributed by atoms with Crippen molar-refractivity contribution in [3.05, 3.63) is 41.2 Å². The Morgan fingerprint density at radius 3 is 2.79 bits per heavy atom. The van der Waals surface area contributed by atoms with Crippen LogP contribution in [0.1, 0.15) is 15.9 Å². The third-order valence-corrected chi connectivity index (χ3v) is 1.79. The molecule has 2 nitrogen and oxygen atoms in total. The van der Waals surface area contributed by atoms with Crippen LogP contribution >= 0.6 is 12.6 Å². The highest BCUT2D eigenvalue weighted by molar-refractivity contribution is 7.80. The second-order valence-electron chi connectivity index (χ2n) is 2.66. The molecule has 1 N–H and O–H groups in total. The lowest BCUT2D eigenvalue weighted by atomic mass is 10.1. The SMILES string of the molecule is O=C(O)c1cc(F)cc(C=CCS)c1. The lowest BCUT2D eigenvalue weighted by Crippen LogP contribution is -1.97. The summed E-state index contributed by atoms with van der Waals surface area (Å²) in [5.41, 5.74) is 0.472. The van der Waals surface area contributed by atoms with E-state index in [0.29, 0.717) is 11.3 Å². The number of carboxylic acid groups (broad SMARTS) is 1. The average molecular weight is 212 g/mol. The number of carboxylic acids is 1. The van der Waals surface area contributed by atoms with E-state index < -0.39 is 11.8 Å². The molecule has 0 radical (unpaired) electrons. The van der Waals surface area contributed by atoms with Crippen molar-refractivity contribution >= 4 is 24.7 Å². The van der Waals surface area contributed by atoms with Gasteiger partial charge in [-0.3, -0.25) is 0 Å². The Labute approximate surface area is 86.5 Å². The second kappa shape index (κ2) is 4.81. The molecule has 1 aromatic carbocycles. The Morgan fingerprint density at radius 1 is 1.50 bits per heavy atom. The van der Waals surface area contributed by atoms with Crippen molar-refractivity contribution in [3.8, 4) is 0 Å². The standard InChI is InChI=1S/C10H9FO2S/c11-9-5-7(2-1-3-14)4-8(6-9)10(12)13/h1-2,4-6,14H,3H2,(H,12,13). The van der Waals surface area contributed by atoms with Crippen molar-refractivity contribution in [2.45, 2.75) is 0 Å². The van der Waals surface area contributed by atoms with Gasteiger partial charge in [-0.1, -0.05) is 12.2 Å². The van der Waals surface area contributed by atoms with Crippen molar-refractivity contribution in [2.75, 3.05) is 5.75 Å². The number of halogens is 1. The zero-order chi connectivity index (χ0) is 10.6. The molecule has 1 aromatic rings. The Bertz CT molecular complexity index is 374. The molecular weight excluding hydrogens is 203 g/mol. The molecule has 0 spiro atoms. The number of aromatic carboxylic acids is 1. The molecule has 1 rings (SSSR count). The summed E-state index contributed by atoms with van der Waals surface area (Å²) in [5.74, 6) is -1.16. The Kier molecular flexibility index (Phi) is 3.71. The molecule has 14 heavy (non-hydrogen) atoms. The number of thiol groups is 1. The molecule has 0 unspecified atom stereocenters. The largest absolute Gasteiger partial charge is 0.478 e. The van der Waals surface area contributed by atoms with Crippen LogP contribution in [0, 0.1) is 5.82 Å². The predicted molar refractivity (Wildman–Crippen MR) is 56.2 cm³/mol. The van der Waals surface area contributed by atoms with Crippen LogP contribution in [0.15, 0.2) is 24.3 Å². The highest BCUT2D eigenvalue weighted by Crippen LogP contribution is 2.11. The Balaban J connectivity index is 3.07. The smallest absolute Gasteiger partial charge is 0.335 e. The van der Waals surface area contributed by atoms with Crippen molar-refractivity contribution in [2.24, 2.45) is 0 Å². The maximum Gasteiger partial charge on any atom is 0.335 e. The summed E-state index contributed by atoms with van der Waals surface area (Å²) in [5, 5.41) is 8.65. The van der Waals surface area contributed by atoms with Crippen LogP contribution in [-0.4, -0.2) is 16.8 Å². The van der Waals surface area contributed by atoms with Gasteiger partial charge in [0.1, 0.15) is 5.82 Å². The number of hydrogen-bond acceptors (Lipinski definition) is 2. The molecule has 0 atom stereocenters. The Morgan fingerprint density at radius 2 is 2.21 bits per heavy atom. The maximum atomic E-state index is 12.9. The van der Waals surface area contributed by atoms with Gasteiger partial charge in [-0.05, 0) is 23.8 Å². The van der Waals surface area contributed by atoms with Gasteiger partial charge in [-0.25, -0.2) is 9.18 Å². The molecule has 0 bridgehead atoms. The van der Waals surface area contributed by atoms with E-state index in [-0.39, 0.29) is 5.56 Å². The molecule has 0 aliphatic rings. The van der Waals surface area contributed by atoms with Gasteiger partial charge < -0.3 is 5.11 Å². The van der Waals surface area contributed by atoms with Crippen LogP contribution in [0.25, 0.3) is 6.08 Å². The molecule has 0 fully saturated rings. The monoisotopic (exact) mass is 212 g/mol. The predicted octanol–water partition coefficient (Wildman–Crippen LogP) is 2.47. The molecule has 4 heteroatoms. The van der Waals surface area contributed by atoms with Crippen molar-refractivity contribution < 1.29 is 14.3 Å². The van der Waals surface area contributed by atoms with E-state index in [9.17, 15) is 9.18 Å². The summed E-state index contributed by atoms with van der Waals surface area (Å²) in [4.78, 5) is 10.6. The minimum absolute atomic E-state index is 0.0520. The summed E-state index contributed by atoms with van der Waals surface area (Å²) in [6.45, 7) is 0. The average Bonchev–Trinajstić information content (AvgIpc) is 2.14. The van der Waals surface area contributed by atoms with Gasteiger partial charge in [0, 0.05) is 5.75 Å². The van der Waals surface area contributed by atoms with E-state index in [2.05, 4.69) is 12.6 Å². The number of rotatable bonds is 3. The van der Waals surface area contributed by atoms with E-state index in [1.54, 1.807) is 12.2 Å². The van der Waals surface area contributed by atoms with Gasteiger partial charge in [0.2, 0.25) is 0 Å². The van der Waals surface area contributed by atoms with Gasteiger partial charge >= 0.3 is 5.97 Å². The first-order valence-corrected chi connectivity index (χ1v) is 4.58. The topological polar surface area (TPSA) is 37.3 Å². The first-order chi connectivity index (χ1) is 6.63. The lowest BCUT2D eigenvalue weighted by Gasteiger charge is -1.98. The normalized spacial score (nSPS) is 10.7. The molecule has 0 aromatic heterocycles. The molecule has 74 valence electrons. The van der Waals surface area contributed by atoms with Crippen LogP contribution in [0.4, 0.5) is 4.39 Å². The lowest BCUT2D eigenvalue weighted by molar-refractivity contribution is 0.0696. The quantitative estimate of drug-likeness (QED) is 0.755. The molecule has 0 saturated carbocycles. The summed E-state index contributed by atoms with van der Waals surface area (Å²) in [6, 6.07) is 3.66. The zero-order valence-corrected chi connectivity index (χ0v) is 8.17. The second-order valence-corrected chi connectivity index (χ2v) is 3.03. The fourth-order valence-corrected chi connectivity index (χ4v) is 1.13. The number of carbonyl (C=O) groups is 1. The summed E-state index contributed by atoms with van der Waals surface area (Å²) in [6.07, 6.45) is 3.34. The van der Waals surface area contributed by atoms with Crippen molar-refractivity contribution in [1.29, 1.82) is 0 Å². The summed E-state index contributed by atoms with van der Waals surface area (Å²) >= 11 is 3.95. The molecule has 0 heterocycles. The van der Waals surface area contributed by atoms with Crippen LogP contribution in [0.3, 0.4) is 0 Å². The first kappa shape index (κ1) is 10.8. The highest BCUT2D eigenvalue weighted by atomic mass is 32.1. The Hall–Kier alpha value is -1.29. The molecule has 0 amide bonds. The first-order valence-electron chi connectivity index (χ1n) is 3.95. The minimum atomic E-state index is -1.13. The maximum absolute atomic E-state index is 12.9. The van der Waals surface area contributed by atoms with Crippen LogP contribution in [0.2, 0.25) is 0 Å². The van der Waals surface area contributed by atoms with E-state index in [1.165, 1.54) is 12.1 Å². The minimum Gasteiger partial charge on any atom is -0.478 e. The molecule has 0 aliphatic carbocycles. The molecule has 0 aliphatic heterocycles. The van der Waals surface area contributed by atoms with E-state index in [0.717, 1.165) is 6.07 Å². The third-order valence-electron chi connectivity index (χ3n) is 1.58. The molecular formula is C10H9FO2S. The van der Waals surface area contributed by atoms with E-state index in [1.807, 2.05) is 0 Å². The van der Waals surface area contributed by atoms with Crippen LogP contribution in [-0.2, 0) is 0 Å². The summed E-state index contributed by atoms with van der Waals surface area (Å²) < 4.78 is 12.9. The summed E-state index contributed by atoms with van der Waals surface area (Å²) in [7, 11) is 0. The van der Waals surface area contributed by atoms with Crippen molar-refractivity contribution in [3.63, 3.8) is 0 Å². The number of hydrogen-bond donors (Lipinski definition) is 2. The van der Waals surface area contributed by atoms with Gasteiger partial charge in [0.05, 0.1) is 5.56 Å². The van der Waals surface area contributed by atoms with Crippen LogP contribution < -0.4 is 0 Å². The third kappa shape index (κ3) is 2.88. The highest BCUT2D eigenvalue weighted by Gasteiger charge is 2.05. The van der Waals surface area contributed by atoms with Crippen LogP contribution in [0.5, 0.6) is 0 Å². The van der Waals surface area contributed by atoms with Gasteiger partial charge in [-0.15, -0.1) is 0 Å². The van der Waals surface area contributed by atoms with E-state index in [4.69, 9.17) is 5.11 Å². The van der Waals surface area contributed by atoms with Gasteiger partial charge in [0.25, 0.3) is 0 Å². The van der Waals surface area contributed by atoms with E-state index >= 15 is 0 Å². The number of benzene rings is 1. The fraction of sp³-hybridized carbons (Fsp3) is 0.100. The van der Waals surface area contributed by atoms with Crippen molar-refractivity contribution in [1.82, 2.24) is 0 Å². The van der Waals surface area contributed by atoms with Gasteiger partial charge in [0.15, 0.2) is 0 Å². The molecule has 0 saturated heterocycles.